The van der Waals surface area contributed by atoms with E-state index in [9.17, 15) is 9.59 Å². The maximum absolute atomic E-state index is 12.2. The van der Waals surface area contributed by atoms with Gasteiger partial charge in [0, 0.05) is 6.04 Å². The molecule has 0 aliphatic rings. The van der Waals surface area contributed by atoms with Gasteiger partial charge in [0.05, 0.1) is 11.6 Å². The van der Waals surface area contributed by atoms with Gasteiger partial charge in [0.2, 0.25) is 0 Å². The van der Waals surface area contributed by atoms with Crippen LogP contribution in [-0.2, 0) is 14.3 Å². The fraction of sp³-hybridized carbons (Fsp3) is 0.467. The molecule has 116 valence electrons. The second-order valence-corrected chi connectivity index (χ2v) is 5.05. The van der Waals surface area contributed by atoms with Gasteiger partial charge in [0.1, 0.15) is 12.3 Å². The summed E-state index contributed by atoms with van der Waals surface area (Å²) in [7, 11) is 0. The van der Waals surface area contributed by atoms with Gasteiger partial charge in [0.25, 0.3) is 5.91 Å². The lowest BCUT2D eigenvalue weighted by molar-refractivity contribution is -0.150. The van der Waals surface area contributed by atoms with Crippen molar-refractivity contribution in [2.75, 3.05) is 19.8 Å². The predicted molar refractivity (Wildman–Crippen MR) is 80.4 cm³/mol. The van der Waals surface area contributed by atoms with E-state index in [-0.39, 0.29) is 31.7 Å². The molecule has 1 amide bonds. The first-order valence-corrected chi connectivity index (χ1v) is 7.16. The van der Waals surface area contributed by atoms with Gasteiger partial charge in [-0.2, -0.15) is 0 Å². The van der Waals surface area contributed by atoms with Crippen molar-refractivity contribution in [1.82, 2.24) is 4.90 Å². The van der Waals surface area contributed by atoms with Crippen LogP contribution in [0, 0.1) is 0 Å². The second kappa shape index (κ2) is 8.52. The Morgan fingerprint density at radius 1 is 1.29 bits per heavy atom. The number of nitrogens with zero attached hydrogens (tertiary/aromatic N) is 1. The van der Waals surface area contributed by atoms with Crippen LogP contribution in [0.3, 0.4) is 0 Å². The van der Waals surface area contributed by atoms with Crippen molar-refractivity contribution in [1.29, 1.82) is 0 Å². The molecule has 0 N–H and O–H groups in total. The average molecular weight is 314 g/mol. The number of amides is 1. The summed E-state index contributed by atoms with van der Waals surface area (Å²) in [5, 5.41) is 0.437. The lowest BCUT2D eigenvalue weighted by atomic mass is 10.3. The van der Waals surface area contributed by atoms with Crippen molar-refractivity contribution in [3.8, 4) is 5.75 Å². The van der Waals surface area contributed by atoms with Gasteiger partial charge in [-0.15, -0.1) is 0 Å². The maximum Gasteiger partial charge on any atom is 0.325 e. The molecule has 1 aromatic carbocycles. The molecule has 0 spiro atoms. The SMILES string of the molecule is CCOC(=O)CN(C(=O)COc1ccccc1Cl)C(C)C. The van der Waals surface area contributed by atoms with Gasteiger partial charge in [-0.05, 0) is 32.9 Å². The summed E-state index contributed by atoms with van der Waals surface area (Å²) in [6.07, 6.45) is 0. The molecule has 21 heavy (non-hydrogen) atoms. The van der Waals surface area contributed by atoms with E-state index in [1.54, 1.807) is 31.2 Å². The van der Waals surface area contributed by atoms with Crippen LogP contribution in [0.2, 0.25) is 5.02 Å². The summed E-state index contributed by atoms with van der Waals surface area (Å²) < 4.78 is 10.3. The highest BCUT2D eigenvalue weighted by molar-refractivity contribution is 6.32. The third-order valence-corrected chi connectivity index (χ3v) is 3.05. The second-order valence-electron chi connectivity index (χ2n) is 4.64. The lowest BCUT2D eigenvalue weighted by Crippen LogP contribution is -2.43. The number of para-hydroxylation sites is 1. The number of carbonyl (C=O) groups is 2. The molecule has 1 rings (SSSR count). The maximum atomic E-state index is 12.2. The first kappa shape index (κ1) is 17.3. The Balaban J connectivity index is 2.61. The lowest BCUT2D eigenvalue weighted by Gasteiger charge is -2.25. The van der Waals surface area contributed by atoms with Crippen molar-refractivity contribution in [2.45, 2.75) is 26.8 Å². The summed E-state index contributed by atoms with van der Waals surface area (Å²) >= 11 is 5.95. The fourth-order valence-electron chi connectivity index (χ4n) is 1.69. The van der Waals surface area contributed by atoms with Gasteiger partial charge in [0.15, 0.2) is 6.61 Å². The Labute approximate surface area is 129 Å². The zero-order valence-electron chi connectivity index (χ0n) is 12.5. The molecule has 0 saturated carbocycles. The highest BCUT2D eigenvalue weighted by Gasteiger charge is 2.21. The number of benzene rings is 1. The summed E-state index contributed by atoms with van der Waals surface area (Å²) in [6.45, 7) is 5.39. The van der Waals surface area contributed by atoms with Crippen LogP contribution in [-0.4, -0.2) is 42.6 Å². The van der Waals surface area contributed by atoms with Crippen LogP contribution in [0.1, 0.15) is 20.8 Å². The highest BCUT2D eigenvalue weighted by Crippen LogP contribution is 2.23. The van der Waals surface area contributed by atoms with E-state index < -0.39 is 5.97 Å². The Hall–Kier alpha value is -1.75. The van der Waals surface area contributed by atoms with Crippen LogP contribution in [0.5, 0.6) is 5.75 Å². The van der Waals surface area contributed by atoms with E-state index in [0.29, 0.717) is 10.8 Å². The topological polar surface area (TPSA) is 55.8 Å². The predicted octanol–water partition coefficient (Wildman–Crippen LogP) is 2.52. The van der Waals surface area contributed by atoms with E-state index in [1.165, 1.54) is 4.90 Å². The smallest absolute Gasteiger partial charge is 0.325 e. The summed E-state index contributed by atoms with van der Waals surface area (Å²) in [5.74, 6) is -0.289. The summed E-state index contributed by atoms with van der Waals surface area (Å²) in [4.78, 5) is 25.1. The van der Waals surface area contributed by atoms with Gasteiger partial charge < -0.3 is 14.4 Å². The molecule has 0 aromatic heterocycles. The Bertz CT molecular complexity index is 490. The molecule has 0 fully saturated rings. The monoisotopic (exact) mass is 313 g/mol. The minimum Gasteiger partial charge on any atom is -0.482 e. The van der Waals surface area contributed by atoms with Crippen LogP contribution < -0.4 is 4.74 Å². The van der Waals surface area contributed by atoms with Crippen LogP contribution >= 0.6 is 11.6 Å². The Morgan fingerprint density at radius 2 is 1.95 bits per heavy atom. The molecule has 0 aliphatic heterocycles. The average Bonchev–Trinajstić information content (AvgIpc) is 2.43. The summed E-state index contributed by atoms with van der Waals surface area (Å²) in [6, 6.07) is 6.78. The number of ether oxygens (including phenoxy) is 2. The molecular formula is C15H20ClNO4. The number of esters is 1. The molecule has 0 unspecified atom stereocenters. The molecule has 0 atom stereocenters. The fourth-order valence-corrected chi connectivity index (χ4v) is 1.88. The molecular weight excluding hydrogens is 294 g/mol. The minimum absolute atomic E-state index is 0.0871. The van der Waals surface area contributed by atoms with Gasteiger partial charge >= 0.3 is 5.97 Å². The molecule has 0 radical (unpaired) electrons. The largest absolute Gasteiger partial charge is 0.482 e. The number of hydrogen-bond donors (Lipinski definition) is 0. The third-order valence-electron chi connectivity index (χ3n) is 2.74. The van der Waals surface area contributed by atoms with Crippen LogP contribution in [0.4, 0.5) is 0 Å². The molecule has 0 saturated heterocycles. The van der Waals surface area contributed by atoms with E-state index in [0.717, 1.165) is 0 Å². The molecule has 5 nitrogen and oxygen atoms in total. The van der Waals surface area contributed by atoms with E-state index in [1.807, 2.05) is 13.8 Å². The number of halogens is 1. The zero-order valence-corrected chi connectivity index (χ0v) is 13.2. The molecule has 6 heteroatoms. The van der Waals surface area contributed by atoms with Gasteiger partial charge in [-0.3, -0.25) is 9.59 Å². The van der Waals surface area contributed by atoms with Crippen molar-refractivity contribution < 1.29 is 19.1 Å². The molecule has 0 bridgehead atoms. The number of hydrogen-bond acceptors (Lipinski definition) is 4. The van der Waals surface area contributed by atoms with Crippen molar-refractivity contribution >= 4 is 23.5 Å². The third kappa shape index (κ3) is 5.63. The van der Waals surface area contributed by atoms with Crippen LogP contribution in [0.25, 0.3) is 0 Å². The van der Waals surface area contributed by atoms with Crippen molar-refractivity contribution in [3.05, 3.63) is 29.3 Å². The molecule has 0 heterocycles. The van der Waals surface area contributed by atoms with Crippen LogP contribution in [0.15, 0.2) is 24.3 Å². The van der Waals surface area contributed by atoms with E-state index >= 15 is 0 Å². The number of rotatable bonds is 7. The zero-order chi connectivity index (χ0) is 15.8. The normalized spacial score (nSPS) is 10.3. The van der Waals surface area contributed by atoms with Crippen molar-refractivity contribution in [3.63, 3.8) is 0 Å². The number of carbonyl (C=O) groups excluding carboxylic acids is 2. The molecule has 0 aliphatic carbocycles. The molecule has 1 aromatic rings. The first-order valence-electron chi connectivity index (χ1n) is 6.78. The van der Waals surface area contributed by atoms with E-state index in [2.05, 4.69) is 0 Å². The van der Waals surface area contributed by atoms with Crippen molar-refractivity contribution in [2.24, 2.45) is 0 Å². The first-order chi connectivity index (χ1) is 9.95. The quantitative estimate of drug-likeness (QED) is 0.726. The highest BCUT2D eigenvalue weighted by atomic mass is 35.5. The summed E-state index contributed by atoms with van der Waals surface area (Å²) in [5.41, 5.74) is 0. The van der Waals surface area contributed by atoms with Gasteiger partial charge in [-0.1, -0.05) is 23.7 Å². The Morgan fingerprint density at radius 3 is 2.52 bits per heavy atom. The standard InChI is InChI=1S/C15H20ClNO4/c1-4-20-15(19)9-17(11(2)3)14(18)10-21-13-8-6-5-7-12(13)16/h5-8,11H,4,9-10H2,1-3H3. The van der Waals surface area contributed by atoms with E-state index in [4.69, 9.17) is 21.1 Å². The van der Waals surface area contributed by atoms with Gasteiger partial charge in [-0.25, -0.2) is 0 Å². The minimum atomic E-state index is -0.433. The Kier molecular flexibility index (Phi) is 7.02.